The second-order valence-corrected chi connectivity index (χ2v) is 5.01. The highest BCUT2D eigenvalue weighted by Crippen LogP contribution is 2.15. The molecule has 0 aromatic carbocycles. The van der Waals surface area contributed by atoms with Crippen molar-refractivity contribution in [1.82, 2.24) is 10.3 Å². The summed E-state index contributed by atoms with van der Waals surface area (Å²) in [4.78, 5) is 13.5. The average molecular weight is 231 g/mol. The van der Waals surface area contributed by atoms with Gasteiger partial charge in [0.05, 0.1) is 18.1 Å². The minimum Gasteiger partial charge on any atom is -0.377 e. The lowest BCUT2D eigenvalue weighted by Gasteiger charge is -2.28. The Morgan fingerprint density at radius 1 is 1.50 bits per heavy atom. The molecule has 0 aromatic heterocycles. The number of hydrogen-bond donors (Lipinski definition) is 2. The molecule has 1 amide bonds. The van der Waals surface area contributed by atoms with Gasteiger partial charge in [-0.3, -0.25) is 10.2 Å². The van der Waals surface area contributed by atoms with Crippen LogP contribution in [0.5, 0.6) is 0 Å². The van der Waals surface area contributed by atoms with Crippen LogP contribution in [0, 0.1) is 5.41 Å². The van der Waals surface area contributed by atoms with Crippen molar-refractivity contribution >= 4 is 5.91 Å². The summed E-state index contributed by atoms with van der Waals surface area (Å²) in [5.41, 5.74) is 1.70. The second kappa shape index (κ2) is 6.83. The fraction of sp³-hybridized carbons (Fsp3) is 0.909. The van der Waals surface area contributed by atoms with E-state index in [-0.39, 0.29) is 12.0 Å². The molecule has 0 rings (SSSR count). The number of ether oxygens (including phenoxy) is 1. The molecule has 0 aromatic rings. The van der Waals surface area contributed by atoms with Gasteiger partial charge in [0.25, 0.3) is 0 Å². The number of nitrogens with zero attached hydrogens (tertiary/aromatic N) is 1. The Kier molecular flexibility index (Phi) is 6.55. The molecule has 0 fully saturated rings. The molecule has 0 aliphatic heterocycles. The molecule has 0 spiro atoms. The maximum absolute atomic E-state index is 11.5. The Labute approximate surface area is 98.3 Å². The summed E-state index contributed by atoms with van der Waals surface area (Å²) in [5, 5.41) is 0. The van der Waals surface area contributed by atoms with E-state index >= 15 is 0 Å². The Morgan fingerprint density at radius 3 is 2.50 bits per heavy atom. The van der Waals surface area contributed by atoms with Gasteiger partial charge >= 0.3 is 0 Å². The number of rotatable bonds is 7. The van der Waals surface area contributed by atoms with E-state index in [2.05, 4.69) is 10.3 Å². The number of likely N-dealkylation sites (N-methyl/N-ethyl adjacent to an activating group) is 1. The molecule has 0 aliphatic carbocycles. The molecule has 0 heterocycles. The summed E-state index contributed by atoms with van der Waals surface area (Å²) >= 11 is 0. The van der Waals surface area contributed by atoms with Crippen molar-refractivity contribution in [3.63, 3.8) is 0 Å². The van der Waals surface area contributed by atoms with Gasteiger partial charge in [-0.1, -0.05) is 0 Å². The maximum atomic E-state index is 11.5. The van der Waals surface area contributed by atoms with Gasteiger partial charge in [0.15, 0.2) is 0 Å². The number of nitrogens with two attached hydrogens (primary N) is 1. The summed E-state index contributed by atoms with van der Waals surface area (Å²) in [7, 11) is 1.97. The van der Waals surface area contributed by atoms with Crippen molar-refractivity contribution in [2.75, 3.05) is 26.7 Å². The third-order valence-electron chi connectivity index (χ3n) is 2.34. The van der Waals surface area contributed by atoms with Crippen molar-refractivity contribution in [3.8, 4) is 0 Å². The molecule has 0 saturated carbocycles. The highest BCUT2D eigenvalue weighted by molar-refractivity contribution is 5.81. The quantitative estimate of drug-likeness (QED) is 0.377. The van der Waals surface area contributed by atoms with Gasteiger partial charge in [0.1, 0.15) is 0 Å². The van der Waals surface area contributed by atoms with Crippen LogP contribution in [-0.4, -0.2) is 43.7 Å². The van der Waals surface area contributed by atoms with E-state index in [0.717, 1.165) is 6.54 Å². The lowest BCUT2D eigenvalue weighted by atomic mass is 9.92. The highest BCUT2D eigenvalue weighted by atomic mass is 16.5. The van der Waals surface area contributed by atoms with E-state index in [4.69, 9.17) is 10.6 Å². The molecule has 0 aliphatic rings. The lowest BCUT2D eigenvalue weighted by molar-refractivity contribution is -0.130. The molecule has 0 atom stereocenters. The van der Waals surface area contributed by atoms with Crippen LogP contribution in [0.2, 0.25) is 0 Å². The molecular formula is C11H25N3O2. The summed E-state index contributed by atoms with van der Waals surface area (Å²) < 4.78 is 5.45. The fourth-order valence-corrected chi connectivity index (χ4v) is 1.47. The highest BCUT2D eigenvalue weighted by Gasteiger charge is 2.28. The molecule has 96 valence electrons. The van der Waals surface area contributed by atoms with Gasteiger partial charge in [0, 0.05) is 13.1 Å². The summed E-state index contributed by atoms with van der Waals surface area (Å²) in [5.74, 6) is 4.98. The van der Waals surface area contributed by atoms with Gasteiger partial charge in [-0.25, -0.2) is 5.84 Å². The van der Waals surface area contributed by atoms with Crippen LogP contribution in [0.1, 0.15) is 27.7 Å². The maximum Gasteiger partial charge on any atom is 0.240 e. The smallest absolute Gasteiger partial charge is 0.240 e. The predicted octanol–water partition coefficient (Wildman–Crippen LogP) is 0.359. The monoisotopic (exact) mass is 231 g/mol. The van der Waals surface area contributed by atoms with Crippen molar-refractivity contribution in [1.29, 1.82) is 0 Å². The van der Waals surface area contributed by atoms with Crippen molar-refractivity contribution in [3.05, 3.63) is 0 Å². The predicted molar refractivity (Wildman–Crippen MR) is 64.7 cm³/mol. The number of hydrogen-bond acceptors (Lipinski definition) is 4. The van der Waals surface area contributed by atoms with E-state index in [9.17, 15) is 4.79 Å². The van der Waals surface area contributed by atoms with Crippen LogP contribution < -0.4 is 11.3 Å². The van der Waals surface area contributed by atoms with Gasteiger partial charge < -0.3 is 9.64 Å². The minimum atomic E-state index is -0.485. The first-order valence-corrected chi connectivity index (χ1v) is 5.61. The molecule has 0 unspecified atom stereocenters. The van der Waals surface area contributed by atoms with Crippen LogP contribution in [0.25, 0.3) is 0 Å². The van der Waals surface area contributed by atoms with Crippen LogP contribution in [0.15, 0.2) is 0 Å². The number of nitrogens with one attached hydrogen (secondary N) is 1. The van der Waals surface area contributed by atoms with Crippen molar-refractivity contribution < 1.29 is 9.53 Å². The van der Waals surface area contributed by atoms with Crippen LogP contribution >= 0.6 is 0 Å². The Balaban J connectivity index is 3.94. The number of amides is 1. The first kappa shape index (κ1) is 15.3. The summed E-state index contributed by atoms with van der Waals surface area (Å²) in [6.45, 7) is 9.88. The lowest BCUT2D eigenvalue weighted by Crippen LogP contribution is -2.47. The van der Waals surface area contributed by atoms with E-state index in [1.807, 2.05) is 34.7 Å². The third-order valence-corrected chi connectivity index (χ3v) is 2.34. The van der Waals surface area contributed by atoms with E-state index in [0.29, 0.717) is 13.2 Å². The number of carbonyl (C=O) groups excluding carboxylic acids is 1. The van der Waals surface area contributed by atoms with Gasteiger partial charge in [-0.15, -0.1) is 0 Å². The zero-order valence-corrected chi connectivity index (χ0v) is 11.0. The molecule has 16 heavy (non-hydrogen) atoms. The summed E-state index contributed by atoms with van der Waals surface area (Å²) in [6.07, 6.45) is 0.244. The Bertz CT molecular complexity index is 217. The normalized spacial score (nSPS) is 12.2. The largest absolute Gasteiger partial charge is 0.377 e. The standard InChI is InChI=1S/C11H25N3O2/c1-9(2)16-7-6-14(5)8-11(3,4)10(15)13-12/h9H,6-8,12H2,1-5H3,(H,13,15). The Hall–Kier alpha value is -0.650. The van der Waals surface area contributed by atoms with Gasteiger partial charge in [-0.2, -0.15) is 0 Å². The zero-order valence-electron chi connectivity index (χ0n) is 11.0. The SMILES string of the molecule is CC(C)OCCN(C)CC(C)(C)C(=O)NN. The minimum absolute atomic E-state index is 0.149. The van der Waals surface area contributed by atoms with Crippen molar-refractivity contribution in [2.24, 2.45) is 11.3 Å². The topological polar surface area (TPSA) is 67.6 Å². The molecule has 5 heteroatoms. The molecule has 0 saturated heterocycles. The molecule has 0 bridgehead atoms. The number of hydrazine groups is 1. The first-order chi connectivity index (χ1) is 7.29. The summed E-state index contributed by atoms with van der Waals surface area (Å²) in [6, 6.07) is 0. The second-order valence-electron chi connectivity index (χ2n) is 5.01. The fourth-order valence-electron chi connectivity index (χ4n) is 1.47. The van der Waals surface area contributed by atoms with Gasteiger partial charge in [0.2, 0.25) is 5.91 Å². The van der Waals surface area contributed by atoms with Gasteiger partial charge in [-0.05, 0) is 34.7 Å². The van der Waals surface area contributed by atoms with Crippen molar-refractivity contribution in [2.45, 2.75) is 33.8 Å². The third kappa shape index (κ3) is 6.05. The number of carbonyl (C=O) groups is 1. The molecular weight excluding hydrogens is 206 g/mol. The Morgan fingerprint density at radius 2 is 2.06 bits per heavy atom. The van der Waals surface area contributed by atoms with Crippen LogP contribution in [-0.2, 0) is 9.53 Å². The molecule has 3 N–H and O–H groups in total. The van der Waals surface area contributed by atoms with Crippen LogP contribution in [0.4, 0.5) is 0 Å². The van der Waals surface area contributed by atoms with E-state index in [1.54, 1.807) is 0 Å². The van der Waals surface area contributed by atoms with E-state index in [1.165, 1.54) is 0 Å². The zero-order chi connectivity index (χ0) is 12.8. The molecule has 0 radical (unpaired) electrons. The van der Waals surface area contributed by atoms with E-state index < -0.39 is 5.41 Å². The molecule has 5 nitrogen and oxygen atoms in total. The average Bonchev–Trinajstić information content (AvgIpc) is 2.14. The first-order valence-electron chi connectivity index (χ1n) is 5.61. The van der Waals surface area contributed by atoms with Crippen LogP contribution in [0.3, 0.4) is 0 Å².